The van der Waals surface area contributed by atoms with Gasteiger partial charge in [-0.3, -0.25) is 0 Å². The van der Waals surface area contributed by atoms with E-state index in [0.29, 0.717) is 5.71 Å². The van der Waals surface area contributed by atoms with E-state index in [-0.39, 0.29) is 5.92 Å². The molecule has 0 aliphatic rings. The maximum absolute atomic E-state index is 5.00. The molecule has 0 heterocycles. The van der Waals surface area contributed by atoms with Crippen LogP contribution < -0.4 is 11.7 Å². The van der Waals surface area contributed by atoms with Gasteiger partial charge in [-0.15, -0.1) is 0 Å². The molecule has 0 aliphatic heterocycles. The van der Waals surface area contributed by atoms with Crippen molar-refractivity contribution in [3.05, 3.63) is 0 Å². The molecule has 4 heteroatoms. The van der Waals surface area contributed by atoms with Crippen molar-refractivity contribution in [2.45, 2.75) is 13.8 Å². The first-order valence-electron chi connectivity index (χ1n) is 2.73. The highest BCUT2D eigenvalue weighted by Gasteiger charge is 1.99. The summed E-state index contributed by atoms with van der Waals surface area (Å²) in [4.78, 5) is 0. The van der Waals surface area contributed by atoms with Gasteiger partial charge in [0.1, 0.15) is 0 Å². The van der Waals surface area contributed by atoms with Crippen LogP contribution in [0.15, 0.2) is 10.2 Å². The zero-order valence-electron chi connectivity index (χ0n) is 5.70. The third-order valence-corrected chi connectivity index (χ3v) is 0.947. The zero-order valence-corrected chi connectivity index (χ0v) is 5.70. The molecule has 0 aromatic rings. The minimum absolute atomic E-state index is 0.280. The second-order valence-electron chi connectivity index (χ2n) is 1.99. The van der Waals surface area contributed by atoms with Gasteiger partial charge >= 0.3 is 0 Å². The van der Waals surface area contributed by atoms with Crippen molar-refractivity contribution >= 4 is 11.9 Å². The summed E-state index contributed by atoms with van der Waals surface area (Å²) in [5.41, 5.74) is 0.706. The van der Waals surface area contributed by atoms with Crippen LogP contribution in [0.25, 0.3) is 0 Å². The fraction of sp³-hybridized carbons (Fsp3) is 0.600. The van der Waals surface area contributed by atoms with E-state index in [4.69, 9.17) is 11.7 Å². The Labute approximate surface area is 54.6 Å². The first-order chi connectivity index (χ1) is 4.22. The van der Waals surface area contributed by atoms with E-state index in [1.807, 2.05) is 13.8 Å². The van der Waals surface area contributed by atoms with Crippen LogP contribution in [-0.4, -0.2) is 11.9 Å². The lowest BCUT2D eigenvalue weighted by molar-refractivity contribution is 0.887. The van der Waals surface area contributed by atoms with Crippen LogP contribution in [-0.2, 0) is 0 Å². The molecule has 0 aromatic carbocycles. The van der Waals surface area contributed by atoms with Crippen molar-refractivity contribution < 1.29 is 0 Å². The van der Waals surface area contributed by atoms with Crippen LogP contribution in [0, 0.1) is 5.92 Å². The molecule has 4 N–H and O–H groups in total. The fourth-order valence-electron chi connectivity index (χ4n) is 0.408. The van der Waals surface area contributed by atoms with Crippen molar-refractivity contribution in [1.29, 1.82) is 0 Å². The van der Waals surface area contributed by atoms with Crippen LogP contribution in [0.3, 0.4) is 0 Å². The quantitative estimate of drug-likeness (QED) is 0.309. The van der Waals surface area contributed by atoms with E-state index in [0.717, 1.165) is 0 Å². The summed E-state index contributed by atoms with van der Waals surface area (Å²) in [5.74, 6) is 10.2. The lowest BCUT2D eigenvalue weighted by atomic mass is 10.1. The highest BCUT2D eigenvalue weighted by atomic mass is 15.1. The number of rotatable bonds is 2. The SMILES string of the molecule is CC(C)C(/C=N\N)=N/N. The molecule has 0 saturated carbocycles. The molecule has 0 atom stereocenters. The molecule has 0 saturated heterocycles. The van der Waals surface area contributed by atoms with Crippen LogP contribution in [0.4, 0.5) is 0 Å². The van der Waals surface area contributed by atoms with Crippen molar-refractivity contribution in [2.75, 3.05) is 0 Å². The normalized spacial score (nSPS) is 13.4. The Balaban J connectivity index is 4.01. The molecule has 4 nitrogen and oxygen atoms in total. The first-order valence-corrected chi connectivity index (χ1v) is 2.73. The summed E-state index contributed by atoms with van der Waals surface area (Å²) < 4.78 is 0. The van der Waals surface area contributed by atoms with Gasteiger partial charge in [-0.2, -0.15) is 10.2 Å². The topological polar surface area (TPSA) is 76.8 Å². The second-order valence-corrected chi connectivity index (χ2v) is 1.99. The van der Waals surface area contributed by atoms with E-state index in [9.17, 15) is 0 Å². The lowest BCUT2D eigenvalue weighted by Gasteiger charge is -1.99. The molecule has 0 unspecified atom stereocenters. The maximum atomic E-state index is 5.00. The Morgan fingerprint density at radius 2 is 2.00 bits per heavy atom. The van der Waals surface area contributed by atoms with Crippen molar-refractivity contribution in [3.8, 4) is 0 Å². The molecule has 0 radical (unpaired) electrons. The fourth-order valence-corrected chi connectivity index (χ4v) is 0.408. The van der Waals surface area contributed by atoms with Gasteiger partial charge in [0.15, 0.2) is 0 Å². The van der Waals surface area contributed by atoms with E-state index in [1.165, 1.54) is 6.21 Å². The average molecular weight is 128 g/mol. The highest BCUT2D eigenvalue weighted by Crippen LogP contribution is 1.91. The van der Waals surface area contributed by atoms with E-state index in [2.05, 4.69) is 10.2 Å². The Morgan fingerprint density at radius 1 is 1.44 bits per heavy atom. The summed E-state index contributed by atoms with van der Waals surface area (Å²) >= 11 is 0. The Kier molecular flexibility index (Phi) is 3.43. The third kappa shape index (κ3) is 2.69. The summed E-state index contributed by atoms with van der Waals surface area (Å²) in [7, 11) is 0. The summed E-state index contributed by atoms with van der Waals surface area (Å²) in [6, 6.07) is 0. The lowest BCUT2D eigenvalue weighted by Crippen LogP contribution is -2.12. The summed E-state index contributed by atoms with van der Waals surface area (Å²) in [6.07, 6.45) is 1.45. The highest BCUT2D eigenvalue weighted by molar-refractivity contribution is 6.31. The molecule has 0 spiro atoms. The van der Waals surface area contributed by atoms with Crippen LogP contribution in [0.5, 0.6) is 0 Å². The Morgan fingerprint density at radius 3 is 2.11 bits per heavy atom. The number of hydrazone groups is 2. The van der Waals surface area contributed by atoms with Gasteiger partial charge in [0.25, 0.3) is 0 Å². The maximum Gasteiger partial charge on any atom is 0.0825 e. The monoisotopic (exact) mass is 128 g/mol. The summed E-state index contributed by atoms with van der Waals surface area (Å²) in [5, 5.41) is 6.76. The number of nitrogens with zero attached hydrogens (tertiary/aromatic N) is 2. The van der Waals surface area contributed by atoms with Gasteiger partial charge in [-0.25, -0.2) is 0 Å². The Hall–Kier alpha value is -1.06. The van der Waals surface area contributed by atoms with Crippen LogP contribution >= 0.6 is 0 Å². The summed E-state index contributed by atoms with van der Waals surface area (Å²) in [6.45, 7) is 3.93. The zero-order chi connectivity index (χ0) is 7.28. The number of hydrogen-bond donors (Lipinski definition) is 2. The molecule has 0 bridgehead atoms. The molecular formula is C5H12N4. The van der Waals surface area contributed by atoms with Gasteiger partial charge in [0, 0.05) is 0 Å². The standard InChI is InChI=1S/C5H12N4/c1-4(2)5(9-7)3-8-6/h3-4H,6-7H2,1-2H3/b8-3-,9-5+. The molecule has 0 fully saturated rings. The molecule has 9 heavy (non-hydrogen) atoms. The average Bonchev–Trinajstić information content (AvgIpc) is 1.82. The first kappa shape index (κ1) is 7.94. The Bertz CT molecular complexity index is 125. The van der Waals surface area contributed by atoms with Gasteiger partial charge in [-0.1, -0.05) is 13.8 Å². The van der Waals surface area contributed by atoms with Gasteiger partial charge in [-0.05, 0) is 5.92 Å². The molecular weight excluding hydrogens is 116 g/mol. The molecule has 0 aromatic heterocycles. The molecule has 0 aliphatic carbocycles. The van der Waals surface area contributed by atoms with Crippen LogP contribution in [0.1, 0.15) is 13.8 Å². The second kappa shape index (κ2) is 3.88. The largest absolute Gasteiger partial charge is 0.323 e. The molecule has 52 valence electrons. The van der Waals surface area contributed by atoms with Crippen molar-refractivity contribution in [3.63, 3.8) is 0 Å². The van der Waals surface area contributed by atoms with Gasteiger partial charge in [0.05, 0.1) is 11.9 Å². The minimum Gasteiger partial charge on any atom is -0.323 e. The van der Waals surface area contributed by atoms with E-state index in [1.54, 1.807) is 0 Å². The smallest absolute Gasteiger partial charge is 0.0825 e. The van der Waals surface area contributed by atoms with E-state index >= 15 is 0 Å². The third-order valence-electron chi connectivity index (χ3n) is 0.947. The molecule has 0 rings (SSSR count). The van der Waals surface area contributed by atoms with Gasteiger partial charge in [0.2, 0.25) is 0 Å². The van der Waals surface area contributed by atoms with E-state index < -0.39 is 0 Å². The minimum atomic E-state index is 0.280. The molecule has 0 amide bonds. The predicted molar refractivity (Wildman–Crippen MR) is 39.1 cm³/mol. The van der Waals surface area contributed by atoms with Gasteiger partial charge < -0.3 is 11.7 Å². The van der Waals surface area contributed by atoms with Crippen molar-refractivity contribution in [1.82, 2.24) is 0 Å². The number of nitrogens with two attached hydrogens (primary N) is 2. The number of hydrogen-bond acceptors (Lipinski definition) is 4. The van der Waals surface area contributed by atoms with Crippen molar-refractivity contribution in [2.24, 2.45) is 27.8 Å². The predicted octanol–water partition coefficient (Wildman–Crippen LogP) is -0.0984. The van der Waals surface area contributed by atoms with Crippen LogP contribution in [0.2, 0.25) is 0 Å².